The zero-order valence-electron chi connectivity index (χ0n) is 1.81. The number of hydrogen-bond donors (Lipinski definition) is 0. The van der Waals surface area contributed by atoms with Crippen molar-refractivity contribution in [2.75, 3.05) is 0 Å². The summed E-state index contributed by atoms with van der Waals surface area (Å²) in [5, 5.41) is 0. The van der Waals surface area contributed by atoms with Crippen molar-refractivity contribution in [2.24, 2.45) is 0 Å². The second kappa shape index (κ2) is 2.67. The van der Waals surface area contributed by atoms with Crippen LogP contribution in [-0.4, -0.2) is 7.18 Å². The van der Waals surface area contributed by atoms with E-state index in [0.29, 0.717) is 0 Å². The maximum atomic E-state index is 4.98. The summed E-state index contributed by atoms with van der Waals surface area (Å²) in [6, 6.07) is 0. The van der Waals surface area contributed by atoms with E-state index in [9.17, 15) is 0 Å². The predicted molar refractivity (Wildman–Crippen MR) is 34.1 cm³/mol. The van der Waals surface area contributed by atoms with Crippen molar-refractivity contribution in [2.45, 2.75) is 0 Å². The van der Waals surface area contributed by atoms with Gasteiger partial charge in [0.05, 0.1) is 0 Å². The van der Waals surface area contributed by atoms with E-state index in [1.807, 2.05) is 22.0 Å². The minimum absolute atomic E-state index is 0.567. The summed E-state index contributed by atoms with van der Waals surface area (Å²) in [7, 11) is 4.98. The Hall–Kier alpha value is 1.44. The van der Waals surface area contributed by atoms with Crippen LogP contribution in [0, 0.1) is 0 Å². The van der Waals surface area contributed by atoms with E-state index >= 15 is 0 Å². The van der Waals surface area contributed by atoms with Crippen molar-refractivity contribution >= 4 is 45.7 Å². The second-order valence-electron chi connectivity index (χ2n) is 0.272. The molecule has 0 aliphatic rings. The van der Waals surface area contributed by atoms with Crippen molar-refractivity contribution in [1.29, 1.82) is 0 Å². The summed E-state index contributed by atoms with van der Waals surface area (Å²) < 4.78 is -0.567. The number of hydrogen-bond acceptors (Lipinski definition) is 1. The van der Waals surface area contributed by atoms with Crippen LogP contribution in [0.15, 0.2) is 0 Å². The van der Waals surface area contributed by atoms with Crippen LogP contribution in [0.5, 0.6) is 0 Å². The first-order valence-electron chi connectivity index (χ1n) is 0.610. The first-order chi connectivity index (χ1) is 1.73. The van der Waals surface area contributed by atoms with E-state index in [0.717, 1.165) is 0 Å². The molecule has 0 saturated carbocycles. The Labute approximate surface area is 45.7 Å². The first kappa shape index (κ1) is 5.44. The van der Waals surface area contributed by atoms with Gasteiger partial charge < -0.3 is 0 Å². The SMILES string of the molecule is [B]=[P+]([S-])I. The van der Waals surface area contributed by atoms with Gasteiger partial charge in [0.25, 0.3) is 0 Å². The van der Waals surface area contributed by atoms with Gasteiger partial charge in [-0.15, -0.1) is 0 Å². The Balaban J connectivity index is 2.80. The summed E-state index contributed by atoms with van der Waals surface area (Å²) in [6.45, 7) is 0. The molecule has 0 aromatic carbocycles. The monoisotopic (exact) mass is 201 g/mol. The van der Waals surface area contributed by atoms with Crippen LogP contribution in [0.3, 0.4) is 0 Å². The van der Waals surface area contributed by atoms with Gasteiger partial charge in [0, 0.05) is 0 Å². The van der Waals surface area contributed by atoms with E-state index in [1.165, 1.54) is 0 Å². The van der Waals surface area contributed by atoms with E-state index < -0.39 is 4.26 Å². The molecule has 0 fully saturated rings. The molecule has 21 valence electrons. The van der Waals surface area contributed by atoms with E-state index in [1.54, 1.807) is 0 Å². The average Bonchev–Trinajstić information content (AvgIpc) is 0.811. The van der Waals surface area contributed by atoms with Crippen LogP contribution in [0.25, 0.3) is 0 Å². The van der Waals surface area contributed by atoms with Crippen LogP contribution < -0.4 is 0 Å². The van der Waals surface area contributed by atoms with Crippen LogP contribution in [0.4, 0.5) is 0 Å². The molecule has 0 rings (SSSR count). The molecule has 0 nitrogen and oxygen atoms in total. The molecule has 0 aliphatic carbocycles. The second-order valence-corrected chi connectivity index (χ2v) is 7.08. The molecule has 1 radical (unpaired) electrons. The average molecular weight is 201 g/mol. The molecule has 0 N–H and O–H groups in total. The Bertz CT molecular complexity index is 31.0. The van der Waals surface area contributed by atoms with E-state index in [2.05, 4.69) is 12.2 Å². The number of halogens is 1. The zero-order valence-corrected chi connectivity index (χ0v) is 5.68. The maximum absolute atomic E-state index is 4.98. The molecule has 0 saturated heterocycles. The van der Waals surface area contributed by atoms with Gasteiger partial charge in [-0.25, -0.2) is 0 Å². The van der Waals surface area contributed by atoms with Crippen molar-refractivity contribution in [3.8, 4) is 0 Å². The summed E-state index contributed by atoms with van der Waals surface area (Å²) in [5.41, 5.74) is 0. The van der Waals surface area contributed by atoms with E-state index in [-0.39, 0.29) is 0 Å². The van der Waals surface area contributed by atoms with Gasteiger partial charge in [-0.2, -0.15) is 0 Å². The topological polar surface area (TPSA) is 0 Å². The molecule has 1 unspecified atom stereocenters. The molecule has 1 atom stereocenters. The van der Waals surface area contributed by atoms with Gasteiger partial charge in [-0.1, -0.05) is 0 Å². The summed E-state index contributed by atoms with van der Waals surface area (Å²) >= 11 is 6.45. The van der Waals surface area contributed by atoms with Gasteiger partial charge >= 0.3 is 45.7 Å². The fourth-order valence-corrected chi connectivity index (χ4v) is 0. The number of rotatable bonds is 0. The summed E-state index contributed by atoms with van der Waals surface area (Å²) in [6.07, 6.45) is 0. The van der Waals surface area contributed by atoms with Crippen molar-refractivity contribution in [1.82, 2.24) is 0 Å². The summed E-state index contributed by atoms with van der Waals surface area (Å²) in [5.74, 6) is 0. The molecule has 0 bridgehead atoms. The molecule has 4 heteroatoms. The third-order valence-corrected chi connectivity index (χ3v) is 0. The fourth-order valence-electron chi connectivity index (χ4n) is 0. The van der Waals surface area contributed by atoms with Gasteiger partial charge in [0.2, 0.25) is 0 Å². The standard InChI is InChI=1S/BIPS/c1-3(2)4. The summed E-state index contributed by atoms with van der Waals surface area (Å²) in [4.78, 5) is 0. The molecule has 0 spiro atoms. The zero-order chi connectivity index (χ0) is 3.58. The van der Waals surface area contributed by atoms with Crippen LogP contribution >= 0.6 is 26.3 Å². The Morgan fingerprint density at radius 1 is 2.00 bits per heavy atom. The fraction of sp³-hybridized carbons (Fsp3) is 0. The Morgan fingerprint density at radius 3 is 2.00 bits per heavy atom. The van der Waals surface area contributed by atoms with Crippen LogP contribution in [0.2, 0.25) is 0 Å². The van der Waals surface area contributed by atoms with Gasteiger partial charge in [-0.3, -0.25) is 0 Å². The normalized spacial score (nSPS) is 10.8. The molecule has 0 aliphatic heterocycles. The molecule has 4 heavy (non-hydrogen) atoms. The molecular formula is BIPS. The molecule has 0 amide bonds. The van der Waals surface area contributed by atoms with Gasteiger partial charge in [-0.05, 0) is 0 Å². The van der Waals surface area contributed by atoms with Crippen LogP contribution in [0.1, 0.15) is 0 Å². The minimum atomic E-state index is -0.567. The van der Waals surface area contributed by atoms with Crippen molar-refractivity contribution in [3.05, 3.63) is 0 Å². The van der Waals surface area contributed by atoms with Crippen molar-refractivity contribution < 1.29 is 0 Å². The Kier molecular flexibility index (Phi) is 3.63. The predicted octanol–water partition coefficient (Wildman–Crippen LogP) is 1.36. The first-order valence-corrected chi connectivity index (χ1v) is 5.82. The van der Waals surface area contributed by atoms with Crippen LogP contribution in [-0.2, 0) is 12.2 Å². The van der Waals surface area contributed by atoms with Gasteiger partial charge in [0.15, 0.2) is 0 Å². The molecule has 0 heterocycles. The third kappa shape index (κ3) is 9.86. The Morgan fingerprint density at radius 2 is 2.00 bits per heavy atom. The van der Waals surface area contributed by atoms with E-state index in [4.69, 9.17) is 7.18 Å². The molecule has 0 aromatic heterocycles. The van der Waals surface area contributed by atoms with Crippen molar-refractivity contribution in [3.63, 3.8) is 0 Å². The quantitative estimate of drug-likeness (QED) is 0.246. The molecule has 0 aromatic rings. The third-order valence-electron chi connectivity index (χ3n) is 0. The van der Waals surface area contributed by atoms with Gasteiger partial charge in [0.1, 0.15) is 0 Å². The molecular weight excluding hydrogens is 201 g/mol.